The van der Waals surface area contributed by atoms with E-state index in [2.05, 4.69) is 24.0 Å². The number of aliphatic hydroxyl groups excluding tert-OH is 2. The number of nitrogens with one attached hydrogen (secondary N) is 1. The van der Waals surface area contributed by atoms with Gasteiger partial charge in [0, 0.05) is 37.7 Å². The van der Waals surface area contributed by atoms with Gasteiger partial charge in [-0.05, 0) is 105 Å². The third kappa shape index (κ3) is 9.61. The van der Waals surface area contributed by atoms with Gasteiger partial charge >= 0.3 is 12.2 Å². The molecule has 3 aromatic rings. The molecule has 0 unspecified atom stereocenters. The minimum atomic E-state index is -1.48. The van der Waals surface area contributed by atoms with Crippen LogP contribution >= 0.6 is 0 Å². The van der Waals surface area contributed by atoms with E-state index in [4.69, 9.17) is 28.9 Å². The molecule has 2 aliphatic carbocycles. The van der Waals surface area contributed by atoms with Gasteiger partial charge in [0.1, 0.15) is 23.1 Å². The molecule has 0 bridgehead atoms. The standard InChI is InChI=1S/C47H61N3O9/c1-7-26-56-47-41(50(45(54)55-6)30-33-19-15-18-31-16-9-10-20-35(31)33)29-39(49-59-46(3,4)5)37-27-32(17-11-13-24-51)36(21-12-14-25-52)42(43(37)47)38-28-34(22-23-40(38)58-47)57-44(53)48-8-2/h7,9-10,15-16,18-20,22-23,27-28,32,36,41-43,51-52H,1,8,11-14,17,21,24-26,29-30H2,2-6H3,(H,48,53)/t32-,36+,41-,42+,43+,47+/m0/s1. The van der Waals surface area contributed by atoms with Crippen LogP contribution in [0.25, 0.3) is 10.8 Å². The van der Waals surface area contributed by atoms with Crippen molar-refractivity contribution in [2.24, 2.45) is 22.9 Å². The normalized spacial score (nSPS) is 23.9. The van der Waals surface area contributed by atoms with Crippen LogP contribution in [-0.2, 0) is 20.9 Å². The summed E-state index contributed by atoms with van der Waals surface area (Å²) >= 11 is 0. The highest BCUT2D eigenvalue weighted by Gasteiger charge is 2.65. The number of hydrogen-bond acceptors (Lipinski definition) is 10. The number of carbonyl (C=O) groups excluding carboxylic acids is 2. The Hall–Kier alpha value is -4.91. The molecule has 6 rings (SSSR count). The largest absolute Gasteiger partial charge is 0.459 e. The number of nitrogens with zero attached hydrogens (tertiary/aromatic N) is 2. The number of ether oxygens (including phenoxy) is 4. The van der Waals surface area contributed by atoms with Crippen LogP contribution in [0.5, 0.6) is 11.5 Å². The Kier molecular flexibility index (Phi) is 14.4. The molecule has 1 heterocycles. The minimum Gasteiger partial charge on any atom is -0.459 e. The lowest BCUT2D eigenvalue weighted by Gasteiger charge is -2.60. The SMILES string of the molecule is C=CCO[C@@]12Oc3ccc(OC(=O)NCC)cc3[C@H]3[C@H](CCCCO)[C@@H](CCCCO)C=C(C(=NOC(C)(C)C)C[C@@H]1N(Cc1cccc4ccccc14)C(=O)OC)[C@H]32. The van der Waals surface area contributed by atoms with E-state index in [1.807, 2.05) is 76.2 Å². The van der Waals surface area contributed by atoms with E-state index in [0.29, 0.717) is 36.6 Å². The smallest absolute Gasteiger partial charge is 0.412 e. The Morgan fingerprint density at radius 3 is 2.49 bits per heavy atom. The third-order valence-electron chi connectivity index (χ3n) is 11.6. The van der Waals surface area contributed by atoms with E-state index >= 15 is 0 Å². The molecular formula is C47H61N3O9. The molecule has 1 aliphatic heterocycles. The first kappa shape index (κ1) is 43.7. The summed E-state index contributed by atoms with van der Waals surface area (Å²) < 4.78 is 25.7. The minimum absolute atomic E-state index is 0.00348. The Balaban J connectivity index is 1.63. The molecule has 3 N–H and O–H groups in total. The Morgan fingerprint density at radius 1 is 1.03 bits per heavy atom. The number of amides is 2. The average Bonchev–Trinajstić information content (AvgIpc) is 3.22. The lowest BCUT2D eigenvalue weighted by Crippen LogP contribution is -2.70. The Bertz CT molecular complexity index is 2000. The molecule has 0 spiro atoms. The van der Waals surface area contributed by atoms with Crippen LogP contribution in [0, 0.1) is 17.8 Å². The average molecular weight is 812 g/mol. The highest BCUT2D eigenvalue weighted by Crippen LogP contribution is 2.62. The summed E-state index contributed by atoms with van der Waals surface area (Å²) in [6.45, 7) is 12.5. The van der Waals surface area contributed by atoms with Crippen molar-refractivity contribution in [2.75, 3.05) is 33.5 Å². The number of allylic oxidation sites excluding steroid dienone is 1. The molecule has 2 amide bonds. The van der Waals surface area contributed by atoms with Crippen molar-refractivity contribution in [1.82, 2.24) is 10.2 Å². The first-order chi connectivity index (χ1) is 28.5. The maximum atomic E-state index is 14.4. The Labute approximate surface area is 348 Å². The van der Waals surface area contributed by atoms with Crippen molar-refractivity contribution in [3.63, 3.8) is 0 Å². The van der Waals surface area contributed by atoms with E-state index in [1.165, 1.54) is 7.11 Å². The highest BCUT2D eigenvalue weighted by atomic mass is 16.7. The molecule has 0 radical (unpaired) electrons. The van der Waals surface area contributed by atoms with Crippen LogP contribution in [0.4, 0.5) is 9.59 Å². The molecule has 3 aromatic carbocycles. The summed E-state index contributed by atoms with van der Waals surface area (Å²) in [4.78, 5) is 35.1. The van der Waals surface area contributed by atoms with E-state index in [9.17, 15) is 19.8 Å². The van der Waals surface area contributed by atoms with Crippen LogP contribution in [0.15, 0.2) is 90.1 Å². The van der Waals surface area contributed by atoms with Crippen LogP contribution in [-0.4, -0.2) is 83.9 Å². The summed E-state index contributed by atoms with van der Waals surface area (Å²) in [5, 5.41) is 29.5. The maximum Gasteiger partial charge on any atom is 0.412 e. The molecule has 318 valence electrons. The number of carbonyl (C=O) groups is 2. The molecule has 6 atom stereocenters. The lowest BCUT2D eigenvalue weighted by atomic mass is 9.55. The molecule has 3 aliphatic rings. The quantitative estimate of drug-likeness (QED) is 0.0692. The highest BCUT2D eigenvalue weighted by molar-refractivity contribution is 6.03. The van der Waals surface area contributed by atoms with Crippen molar-refractivity contribution in [2.45, 2.75) is 103 Å². The van der Waals surface area contributed by atoms with Gasteiger partial charge in [0.25, 0.3) is 0 Å². The second kappa shape index (κ2) is 19.4. The maximum absolute atomic E-state index is 14.4. The number of unbranched alkanes of at least 4 members (excludes halogenated alkanes) is 2. The summed E-state index contributed by atoms with van der Waals surface area (Å²) in [5.74, 6) is -1.36. The van der Waals surface area contributed by atoms with Gasteiger partial charge in [-0.3, -0.25) is 4.90 Å². The third-order valence-corrected chi connectivity index (χ3v) is 11.6. The summed E-state index contributed by atoms with van der Waals surface area (Å²) in [5.41, 5.74) is 2.73. The zero-order valence-electron chi connectivity index (χ0n) is 35.2. The molecule has 12 heteroatoms. The van der Waals surface area contributed by atoms with Crippen LogP contribution in [0.2, 0.25) is 0 Å². The van der Waals surface area contributed by atoms with Crippen molar-refractivity contribution < 1.29 is 43.6 Å². The molecule has 1 saturated carbocycles. The predicted molar refractivity (Wildman–Crippen MR) is 227 cm³/mol. The van der Waals surface area contributed by atoms with Crippen molar-refractivity contribution in [1.29, 1.82) is 0 Å². The van der Waals surface area contributed by atoms with E-state index < -0.39 is 35.5 Å². The number of aliphatic hydroxyl groups is 2. The van der Waals surface area contributed by atoms with E-state index in [-0.39, 0.29) is 50.5 Å². The molecule has 59 heavy (non-hydrogen) atoms. The molecule has 0 aromatic heterocycles. The van der Waals surface area contributed by atoms with Gasteiger partial charge in [-0.1, -0.05) is 72.6 Å². The Morgan fingerprint density at radius 2 is 1.78 bits per heavy atom. The predicted octanol–water partition coefficient (Wildman–Crippen LogP) is 8.65. The van der Waals surface area contributed by atoms with Crippen LogP contribution in [0.3, 0.4) is 0 Å². The summed E-state index contributed by atoms with van der Waals surface area (Å²) in [6.07, 6.45) is 7.50. The number of oxime groups is 1. The molecule has 0 saturated heterocycles. The second-order valence-corrected chi connectivity index (χ2v) is 16.6. The van der Waals surface area contributed by atoms with Gasteiger partial charge in [0.2, 0.25) is 5.79 Å². The first-order valence-corrected chi connectivity index (χ1v) is 21.0. The fraction of sp³-hybridized carbons (Fsp3) is 0.511. The topological polar surface area (TPSA) is 148 Å². The van der Waals surface area contributed by atoms with Gasteiger partial charge in [-0.25, -0.2) is 9.59 Å². The number of benzene rings is 3. The van der Waals surface area contributed by atoms with E-state index in [1.54, 1.807) is 17.0 Å². The molecule has 1 fully saturated rings. The first-order valence-electron chi connectivity index (χ1n) is 21.0. The fourth-order valence-corrected chi connectivity index (χ4v) is 9.22. The summed E-state index contributed by atoms with van der Waals surface area (Å²) in [7, 11) is 1.38. The van der Waals surface area contributed by atoms with Crippen LogP contribution in [0.1, 0.15) is 89.7 Å². The lowest BCUT2D eigenvalue weighted by molar-refractivity contribution is -0.256. The van der Waals surface area contributed by atoms with Gasteiger partial charge < -0.3 is 39.3 Å². The number of methoxy groups -OCH3 is 1. The number of rotatable bonds is 17. The zero-order valence-corrected chi connectivity index (χ0v) is 35.2. The van der Waals surface area contributed by atoms with Crippen LogP contribution < -0.4 is 14.8 Å². The van der Waals surface area contributed by atoms with Gasteiger partial charge in [0.15, 0.2) is 0 Å². The number of fused-ring (bicyclic) bond motifs is 3. The van der Waals surface area contributed by atoms with Crippen molar-refractivity contribution in [3.8, 4) is 11.5 Å². The summed E-state index contributed by atoms with van der Waals surface area (Å²) in [6, 6.07) is 18.8. The second-order valence-electron chi connectivity index (χ2n) is 16.6. The number of hydrogen-bond donors (Lipinski definition) is 3. The van der Waals surface area contributed by atoms with Gasteiger partial charge in [-0.2, -0.15) is 0 Å². The monoisotopic (exact) mass is 811 g/mol. The fourth-order valence-electron chi connectivity index (χ4n) is 9.22. The van der Waals surface area contributed by atoms with Crippen molar-refractivity contribution in [3.05, 3.63) is 96.1 Å². The van der Waals surface area contributed by atoms with E-state index in [0.717, 1.165) is 53.2 Å². The zero-order chi connectivity index (χ0) is 42.2. The van der Waals surface area contributed by atoms with Gasteiger partial charge in [-0.15, -0.1) is 6.58 Å². The van der Waals surface area contributed by atoms with Crippen molar-refractivity contribution >= 4 is 28.7 Å². The molecular weight excluding hydrogens is 751 g/mol. The van der Waals surface area contributed by atoms with Gasteiger partial charge in [0.05, 0.1) is 31.9 Å². The molecule has 12 nitrogen and oxygen atoms in total.